The topological polar surface area (TPSA) is 61.4 Å². The molecule has 0 atom stereocenters. The maximum absolute atomic E-state index is 11.3. The van der Waals surface area contributed by atoms with Gasteiger partial charge < -0.3 is 10.2 Å². The number of nitrogens with zero attached hydrogens (tertiary/aromatic N) is 1. The highest BCUT2D eigenvalue weighted by Gasteiger charge is 2.16. The van der Waals surface area contributed by atoms with Crippen molar-refractivity contribution >= 4 is 11.9 Å². The molecule has 0 aromatic rings. The highest BCUT2D eigenvalue weighted by atomic mass is 16.2. The van der Waals surface area contributed by atoms with Gasteiger partial charge in [-0.05, 0) is 6.08 Å². The van der Waals surface area contributed by atoms with Crippen molar-refractivity contribution < 1.29 is 9.59 Å². The van der Waals surface area contributed by atoms with Crippen LogP contribution in [0.25, 0.3) is 0 Å². The zero-order valence-corrected chi connectivity index (χ0v) is 7.38. The summed E-state index contributed by atoms with van der Waals surface area (Å²) in [5.74, 6) is -0.455. The smallest absolute Gasteiger partial charge is 0.322 e. The standard InChI is InChI=1S/C8H13N3O2/c1-2-7(12)10-8(13)11-5-3-9-4-6-11/h2,9H,1,3-6H2,(H,10,12,13). The van der Waals surface area contributed by atoms with Crippen molar-refractivity contribution in [2.75, 3.05) is 26.2 Å². The summed E-state index contributed by atoms with van der Waals surface area (Å²) < 4.78 is 0. The van der Waals surface area contributed by atoms with Gasteiger partial charge in [-0.3, -0.25) is 10.1 Å². The van der Waals surface area contributed by atoms with Gasteiger partial charge in [0.05, 0.1) is 0 Å². The van der Waals surface area contributed by atoms with Crippen LogP contribution in [0.15, 0.2) is 12.7 Å². The number of hydrogen-bond donors (Lipinski definition) is 2. The van der Waals surface area contributed by atoms with Crippen LogP contribution >= 0.6 is 0 Å². The molecule has 3 amide bonds. The molecule has 1 saturated heterocycles. The monoisotopic (exact) mass is 183 g/mol. The first-order valence-corrected chi connectivity index (χ1v) is 4.17. The van der Waals surface area contributed by atoms with Gasteiger partial charge in [0, 0.05) is 26.2 Å². The molecule has 1 rings (SSSR count). The van der Waals surface area contributed by atoms with Gasteiger partial charge in [-0.15, -0.1) is 0 Å². The maximum atomic E-state index is 11.3. The largest absolute Gasteiger partial charge is 0.324 e. The molecule has 1 heterocycles. The molecule has 1 fully saturated rings. The summed E-state index contributed by atoms with van der Waals surface area (Å²) in [4.78, 5) is 23.7. The van der Waals surface area contributed by atoms with Crippen LogP contribution in [-0.4, -0.2) is 43.0 Å². The summed E-state index contributed by atoms with van der Waals surface area (Å²) in [5, 5.41) is 5.31. The van der Waals surface area contributed by atoms with E-state index in [0.29, 0.717) is 13.1 Å². The Labute approximate surface area is 76.8 Å². The molecule has 5 heteroatoms. The fraction of sp³-hybridized carbons (Fsp3) is 0.500. The van der Waals surface area contributed by atoms with E-state index in [1.807, 2.05) is 0 Å². The molecule has 1 aliphatic rings. The van der Waals surface area contributed by atoms with Gasteiger partial charge in [0.1, 0.15) is 0 Å². The van der Waals surface area contributed by atoms with Crippen LogP contribution in [0.4, 0.5) is 4.79 Å². The van der Waals surface area contributed by atoms with E-state index in [-0.39, 0.29) is 6.03 Å². The van der Waals surface area contributed by atoms with Crippen molar-refractivity contribution in [1.82, 2.24) is 15.5 Å². The van der Waals surface area contributed by atoms with Crippen LogP contribution < -0.4 is 10.6 Å². The Morgan fingerprint density at radius 3 is 2.54 bits per heavy atom. The minimum Gasteiger partial charge on any atom is -0.322 e. The fourth-order valence-corrected chi connectivity index (χ4v) is 1.10. The number of hydrogen-bond acceptors (Lipinski definition) is 3. The molecule has 0 bridgehead atoms. The summed E-state index contributed by atoms with van der Waals surface area (Å²) in [6, 6.07) is -0.341. The van der Waals surface area contributed by atoms with Gasteiger partial charge in [0.2, 0.25) is 0 Å². The minimum atomic E-state index is -0.455. The number of piperazine rings is 1. The molecule has 0 saturated carbocycles. The van der Waals surface area contributed by atoms with Crippen LogP contribution in [-0.2, 0) is 4.79 Å². The fourth-order valence-electron chi connectivity index (χ4n) is 1.10. The lowest BCUT2D eigenvalue weighted by atomic mass is 10.4. The molecule has 1 aliphatic heterocycles. The van der Waals surface area contributed by atoms with Gasteiger partial charge in [0.25, 0.3) is 5.91 Å². The minimum absolute atomic E-state index is 0.341. The SMILES string of the molecule is C=CC(=O)NC(=O)N1CCNCC1. The first-order chi connectivity index (χ1) is 6.24. The van der Waals surface area contributed by atoms with Crippen molar-refractivity contribution in [1.29, 1.82) is 0 Å². The number of carbonyl (C=O) groups excluding carboxylic acids is 2. The number of nitrogens with one attached hydrogen (secondary N) is 2. The second-order valence-corrected chi connectivity index (χ2v) is 2.74. The van der Waals surface area contributed by atoms with Gasteiger partial charge >= 0.3 is 6.03 Å². The Balaban J connectivity index is 2.37. The molecule has 2 N–H and O–H groups in total. The Morgan fingerprint density at radius 1 is 1.38 bits per heavy atom. The third-order valence-corrected chi connectivity index (χ3v) is 1.82. The van der Waals surface area contributed by atoms with E-state index in [0.717, 1.165) is 19.2 Å². The molecule has 72 valence electrons. The molecular weight excluding hydrogens is 170 g/mol. The normalized spacial score (nSPS) is 16.5. The molecule has 0 aromatic heterocycles. The van der Waals surface area contributed by atoms with Gasteiger partial charge in [0.15, 0.2) is 0 Å². The van der Waals surface area contributed by atoms with Gasteiger partial charge in [-0.25, -0.2) is 4.79 Å². The second-order valence-electron chi connectivity index (χ2n) is 2.74. The van der Waals surface area contributed by atoms with Crippen LogP contribution in [0, 0.1) is 0 Å². The van der Waals surface area contributed by atoms with E-state index in [2.05, 4.69) is 17.2 Å². The van der Waals surface area contributed by atoms with Crippen LogP contribution in [0.2, 0.25) is 0 Å². The summed E-state index contributed by atoms with van der Waals surface area (Å²) in [7, 11) is 0. The van der Waals surface area contributed by atoms with E-state index in [1.54, 1.807) is 4.90 Å². The molecule has 0 aliphatic carbocycles. The van der Waals surface area contributed by atoms with E-state index in [4.69, 9.17) is 0 Å². The average Bonchev–Trinajstić information content (AvgIpc) is 2.19. The molecule has 5 nitrogen and oxygen atoms in total. The van der Waals surface area contributed by atoms with E-state index < -0.39 is 5.91 Å². The average molecular weight is 183 g/mol. The number of amides is 3. The third-order valence-electron chi connectivity index (χ3n) is 1.82. The molecular formula is C8H13N3O2. The zero-order chi connectivity index (χ0) is 9.68. The highest BCUT2D eigenvalue weighted by Crippen LogP contribution is 1.92. The maximum Gasteiger partial charge on any atom is 0.324 e. The lowest BCUT2D eigenvalue weighted by molar-refractivity contribution is -0.115. The van der Waals surface area contributed by atoms with Crippen molar-refractivity contribution in [3.8, 4) is 0 Å². The number of rotatable bonds is 1. The molecule has 0 spiro atoms. The summed E-state index contributed by atoms with van der Waals surface area (Å²) in [5.41, 5.74) is 0. The number of urea groups is 1. The quantitative estimate of drug-likeness (QED) is 0.529. The van der Waals surface area contributed by atoms with Crippen molar-refractivity contribution in [3.63, 3.8) is 0 Å². The Morgan fingerprint density at radius 2 is 2.00 bits per heavy atom. The van der Waals surface area contributed by atoms with E-state index >= 15 is 0 Å². The predicted octanol–water partition coefficient (Wildman–Crippen LogP) is -0.686. The molecule has 0 aromatic carbocycles. The second kappa shape index (κ2) is 4.61. The van der Waals surface area contributed by atoms with Crippen molar-refractivity contribution in [2.45, 2.75) is 0 Å². The Hall–Kier alpha value is -1.36. The summed E-state index contributed by atoms with van der Waals surface area (Å²) in [6.07, 6.45) is 1.08. The molecule has 13 heavy (non-hydrogen) atoms. The molecule has 0 radical (unpaired) electrons. The van der Waals surface area contributed by atoms with Crippen molar-refractivity contribution in [2.24, 2.45) is 0 Å². The van der Waals surface area contributed by atoms with Crippen LogP contribution in [0.5, 0.6) is 0 Å². The predicted molar refractivity (Wildman–Crippen MR) is 48.2 cm³/mol. The Kier molecular flexibility index (Phi) is 3.45. The lowest BCUT2D eigenvalue weighted by Crippen LogP contribution is -2.51. The summed E-state index contributed by atoms with van der Waals surface area (Å²) in [6.45, 7) is 6.08. The highest BCUT2D eigenvalue weighted by molar-refractivity contribution is 5.99. The van der Waals surface area contributed by atoms with Crippen LogP contribution in [0.3, 0.4) is 0 Å². The van der Waals surface area contributed by atoms with Crippen molar-refractivity contribution in [3.05, 3.63) is 12.7 Å². The van der Waals surface area contributed by atoms with E-state index in [9.17, 15) is 9.59 Å². The summed E-state index contributed by atoms with van der Waals surface area (Å²) >= 11 is 0. The van der Waals surface area contributed by atoms with Gasteiger partial charge in [-0.2, -0.15) is 0 Å². The Bertz CT molecular complexity index is 221. The van der Waals surface area contributed by atoms with E-state index in [1.165, 1.54) is 0 Å². The lowest BCUT2D eigenvalue weighted by Gasteiger charge is -2.26. The molecule has 0 unspecified atom stereocenters. The third kappa shape index (κ3) is 2.87. The number of carbonyl (C=O) groups is 2. The first-order valence-electron chi connectivity index (χ1n) is 4.17. The first kappa shape index (κ1) is 9.73. The zero-order valence-electron chi connectivity index (χ0n) is 7.38. The van der Waals surface area contributed by atoms with Gasteiger partial charge in [-0.1, -0.05) is 6.58 Å². The van der Waals surface area contributed by atoms with Crippen LogP contribution in [0.1, 0.15) is 0 Å². The number of imide groups is 1.